The van der Waals surface area contributed by atoms with E-state index in [0.29, 0.717) is 6.04 Å². The number of hydrogen-bond donors (Lipinski definition) is 2. The van der Waals surface area contributed by atoms with Crippen LogP contribution in [0.4, 0.5) is 5.69 Å². The van der Waals surface area contributed by atoms with Gasteiger partial charge in [-0.1, -0.05) is 26.0 Å². The second-order valence-corrected chi connectivity index (χ2v) is 5.63. The Morgan fingerprint density at radius 2 is 1.74 bits per heavy atom. The molecule has 1 atom stereocenters. The van der Waals surface area contributed by atoms with Crippen LogP contribution >= 0.6 is 0 Å². The third kappa shape index (κ3) is 6.97. The van der Waals surface area contributed by atoms with Crippen LogP contribution in [0.5, 0.6) is 0 Å². The summed E-state index contributed by atoms with van der Waals surface area (Å²) < 4.78 is 0. The first-order valence-corrected chi connectivity index (χ1v) is 7.07. The SMILES string of the molecule is CC(=O)Nc1ccc(CNC(C)CCC(C)C)cc1. The molecule has 0 bridgehead atoms. The Morgan fingerprint density at radius 3 is 2.26 bits per heavy atom. The van der Waals surface area contributed by atoms with Gasteiger partial charge in [-0.2, -0.15) is 0 Å². The molecule has 2 N–H and O–H groups in total. The maximum Gasteiger partial charge on any atom is 0.221 e. The number of rotatable bonds is 7. The first-order valence-electron chi connectivity index (χ1n) is 7.07. The zero-order valence-corrected chi connectivity index (χ0v) is 12.5. The number of hydrogen-bond acceptors (Lipinski definition) is 2. The van der Waals surface area contributed by atoms with Crippen LogP contribution < -0.4 is 10.6 Å². The van der Waals surface area contributed by atoms with Crippen molar-refractivity contribution in [2.24, 2.45) is 5.92 Å². The van der Waals surface area contributed by atoms with Crippen LogP contribution in [0, 0.1) is 5.92 Å². The van der Waals surface area contributed by atoms with Crippen molar-refractivity contribution in [3.8, 4) is 0 Å². The molecule has 0 spiro atoms. The number of benzene rings is 1. The van der Waals surface area contributed by atoms with Gasteiger partial charge in [-0.25, -0.2) is 0 Å². The highest BCUT2D eigenvalue weighted by Gasteiger charge is 2.03. The van der Waals surface area contributed by atoms with E-state index in [9.17, 15) is 4.79 Å². The topological polar surface area (TPSA) is 41.1 Å². The van der Waals surface area contributed by atoms with Gasteiger partial charge in [0.1, 0.15) is 0 Å². The molecule has 1 unspecified atom stereocenters. The van der Waals surface area contributed by atoms with Gasteiger partial charge >= 0.3 is 0 Å². The van der Waals surface area contributed by atoms with Crippen LogP contribution in [0.15, 0.2) is 24.3 Å². The summed E-state index contributed by atoms with van der Waals surface area (Å²) in [7, 11) is 0. The molecule has 0 saturated carbocycles. The quantitative estimate of drug-likeness (QED) is 0.789. The van der Waals surface area contributed by atoms with Gasteiger partial charge in [-0.05, 0) is 43.4 Å². The summed E-state index contributed by atoms with van der Waals surface area (Å²) in [5, 5.41) is 6.30. The van der Waals surface area contributed by atoms with Crippen LogP contribution in [0.2, 0.25) is 0 Å². The molecule has 1 rings (SSSR count). The molecule has 0 aromatic heterocycles. The minimum absolute atomic E-state index is 0.0341. The summed E-state index contributed by atoms with van der Waals surface area (Å²) >= 11 is 0. The molecular weight excluding hydrogens is 236 g/mol. The normalized spacial score (nSPS) is 12.5. The zero-order chi connectivity index (χ0) is 14.3. The predicted octanol–water partition coefficient (Wildman–Crippen LogP) is 3.56. The van der Waals surface area contributed by atoms with Gasteiger partial charge in [0.05, 0.1) is 0 Å². The van der Waals surface area contributed by atoms with Gasteiger partial charge < -0.3 is 10.6 Å². The molecule has 3 nitrogen and oxygen atoms in total. The third-order valence-electron chi connectivity index (χ3n) is 3.11. The minimum atomic E-state index is -0.0341. The lowest BCUT2D eigenvalue weighted by molar-refractivity contribution is -0.114. The van der Waals surface area contributed by atoms with E-state index in [1.807, 2.05) is 24.3 Å². The summed E-state index contributed by atoms with van der Waals surface area (Å²) in [6, 6.07) is 8.52. The highest BCUT2D eigenvalue weighted by atomic mass is 16.1. The van der Waals surface area contributed by atoms with Crippen molar-refractivity contribution in [1.82, 2.24) is 5.32 Å². The summed E-state index contributed by atoms with van der Waals surface area (Å²) in [4.78, 5) is 10.9. The maximum atomic E-state index is 10.9. The molecule has 0 aliphatic heterocycles. The molecule has 0 heterocycles. The summed E-state index contributed by atoms with van der Waals surface area (Å²) in [6.07, 6.45) is 2.47. The summed E-state index contributed by atoms with van der Waals surface area (Å²) in [6.45, 7) is 9.14. The molecule has 106 valence electrons. The first-order chi connectivity index (χ1) is 8.97. The monoisotopic (exact) mass is 262 g/mol. The molecular formula is C16H26N2O. The van der Waals surface area contributed by atoms with E-state index in [-0.39, 0.29) is 5.91 Å². The van der Waals surface area contributed by atoms with Crippen molar-refractivity contribution in [2.75, 3.05) is 5.32 Å². The van der Waals surface area contributed by atoms with Crippen LogP contribution in [-0.4, -0.2) is 11.9 Å². The number of carbonyl (C=O) groups excluding carboxylic acids is 1. The molecule has 1 aromatic carbocycles. The molecule has 1 amide bonds. The average molecular weight is 262 g/mol. The molecule has 0 aliphatic carbocycles. The predicted molar refractivity (Wildman–Crippen MR) is 81.1 cm³/mol. The number of nitrogens with one attached hydrogen (secondary N) is 2. The van der Waals surface area contributed by atoms with Gasteiger partial charge in [0, 0.05) is 25.2 Å². The Kier molecular flexibility index (Phi) is 6.57. The first kappa shape index (κ1) is 15.7. The molecule has 0 fully saturated rings. The zero-order valence-electron chi connectivity index (χ0n) is 12.5. The van der Waals surface area contributed by atoms with Crippen LogP contribution in [0.3, 0.4) is 0 Å². The van der Waals surface area contributed by atoms with Gasteiger partial charge in [0.25, 0.3) is 0 Å². The Labute approximate surface area is 116 Å². The number of amides is 1. The highest BCUT2D eigenvalue weighted by molar-refractivity contribution is 5.88. The average Bonchev–Trinajstić information content (AvgIpc) is 2.35. The van der Waals surface area contributed by atoms with Crippen molar-refractivity contribution in [3.63, 3.8) is 0 Å². The lowest BCUT2D eigenvalue weighted by Crippen LogP contribution is -2.25. The van der Waals surface area contributed by atoms with Crippen molar-refractivity contribution < 1.29 is 4.79 Å². The second kappa shape index (κ2) is 7.95. The van der Waals surface area contributed by atoms with Gasteiger partial charge in [0.2, 0.25) is 5.91 Å². The number of anilines is 1. The molecule has 0 aliphatic rings. The van der Waals surface area contributed by atoms with Crippen molar-refractivity contribution in [1.29, 1.82) is 0 Å². The fraction of sp³-hybridized carbons (Fsp3) is 0.562. The van der Waals surface area contributed by atoms with Gasteiger partial charge in [-0.3, -0.25) is 4.79 Å². The van der Waals surface area contributed by atoms with E-state index < -0.39 is 0 Å². The van der Waals surface area contributed by atoms with E-state index >= 15 is 0 Å². The van der Waals surface area contributed by atoms with E-state index in [4.69, 9.17) is 0 Å². The molecule has 0 saturated heterocycles. The Hall–Kier alpha value is -1.35. The van der Waals surface area contributed by atoms with Gasteiger partial charge in [-0.15, -0.1) is 0 Å². The van der Waals surface area contributed by atoms with E-state index in [2.05, 4.69) is 31.4 Å². The van der Waals surface area contributed by atoms with E-state index in [1.165, 1.54) is 25.3 Å². The molecule has 0 radical (unpaired) electrons. The summed E-state index contributed by atoms with van der Waals surface area (Å²) in [5.74, 6) is 0.731. The van der Waals surface area contributed by atoms with E-state index in [0.717, 1.165) is 18.2 Å². The van der Waals surface area contributed by atoms with Crippen LogP contribution in [0.25, 0.3) is 0 Å². The standard InChI is InChI=1S/C16H26N2O/c1-12(2)5-6-13(3)17-11-15-7-9-16(10-8-15)18-14(4)19/h7-10,12-13,17H,5-6,11H2,1-4H3,(H,18,19). The minimum Gasteiger partial charge on any atom is -0.326 e. The van der Waals surface area contributed by atoms with E-state index in [1.54, 1.807) is 0 Å². The van der Waals surface area contributed by atoms with Gasteiger partial charge in [0.15, 0.2) is 0 Å². The fourth-order valence-electron chi connectivity index (χ4n) is 1.89. The summed E-state index contributed by atoms with van der Waals surface area (Å²) in [5.41, 5.74) is 2.09. The van der Waals surface area contributed by atoms with Crippen molar-refractivity contribution >= 4 is 11.6 Å². The Morgan fingerprint density at radius 1 is 1.11 bits per heavy atom. The largest absolute Gasteiger partial charge is 0.326 e. The van der Waals surface area contributed by atoms with Crippen LogP contribution in [0.1, 0.15) is 46.1 Å². The maximum absolute atomic E-state index is 10.9. The molecule has 1 aromatic rings. The smallest absolute Gasteiger partial charge is 0.221 e. The van der Waals surface area contributed by atoms with Crippen molar-refractivity contribution in [2.45, 2.75) is 53.1 Å². The van der Waals surface area contributed by atoms with Crippen molar-refractivity contribution in [3.05, 3.63) is 29.8 Å². The highest BCUT2D eigenvalue weighted by Crippen LogP contribution is 2.11. The molecule has 3 heteroatoms. The second-order valence-electron chi connectivity index (χ2n) is 5.63. The third-order valence-corrected chi connectivity index (χ3v) is 3.11. The fourth-order valence-corrected chi connectivity index (χ4v) is 1.89. The Bertz CT molecular complexity index is 384. The Balaban J connectivity index is 2.35. The van der Waals surface area contributed by atoms with Crippen LogP contribution in [-0.2, 0) is 11.3 Å². The number of carbonyl (C=O) groups is 1. The lowest BCUT2D eigenvalue weighted by Gasteiger charge is -2.15. The lowest BCUT2D eigenvalue weighted by atomic mass is 10.0. The molecule has 19 heavy (non-hydrogen) atoms.